The fourth-order valence-corrected chi connectivity index (χ4v) is 1.01. The third-order valence-electron chi connectivity index (χ3n) is 1.86. The molecule has 0 spiro atoms. The van der Waals surface area contributed by atoms with Gasteiger partial charge in [-0.3, -0.25) is 0 Å². The highest BCUT2D eigenvalue weighted by Gasteiger charge is 2.44. The number of alkyl halides is 2. The molecule has 2 atom stereocenters. The van der Waals surface area contributed by atoms with Gasteiger partial charge in [0.2, 0.25) is 0 Å². The summed E-state index contributed by atoms with van der Waals surface area (Å²) < 4.78 is 30.5. The van der Waals surface area contributed by atoms with Crippen LogP contribution in [0.4, 0.5) is 13.6 Å². The van der Waals surface area contributed by atoms with Crippen molar-refractivity contribution in [2.45, 2.75) is 51.4 Å². The van der Waals surface area contributed by atoms with Crippen LogP contribution >= 0.6 is 0 Å². The van der Waals surface area contributed by atoms with Crippen LogP contribution in [0.2, 0.25) is 0 Å². The van der Waals surface area contributed by atoms with Crippen molar-refractivity contribution in [1.82, 2.24) is 5.32 Å². The molecule has 0 saturated heterocycles. The fraction of sp³-hybridized carbons (Fsp3) is 0.800. The monoisotopic (exact) mass is 268 g/mol. The van der Waals surface area contributed by atoms with Gasteiger partial charge in [0.1, 0.15) is 17.7 Å². The minimum atomic E-state index is -4.46. The molecular weight excluding hydrogens is 252 g/mol. The Labute approximate surface area is 103 Å². The van der Waals surface area contributed by atoms with Crippen LogP contribution in [0, 0.1) is 0 Å². The molecule has 0 bridgehead atoms. The molecule has 0 aromatic heterocycles. The molecule has 8 heteroatoms. The van der Waals surface area contributed by atoms with Gasteiger partial charge in [0.25, 0.3) is 0 Å². The van der Waals surface area contributed by atoms with Gasteiger partial charge in [0.15, 0.2) is 0 Å². The summed E-state index contributed by atoms with van der Waals surface area (Å²) in [4.78, 5) is 21.3. The number of carbonyl (C=O) groups is 2. The highest BCUT2D eigenvalue weighted by molar-refractivity contribution is 5.74. The summed E-state index contributed by atoms with van der Waals surface area (Å²) in [6, 6.07) is -1.52. The summed E-state index contributed by atoms with van der Waals surface area (Å²) >= 11 is 0. The number of alkyl carbamates (subject to hydrolysis) is 1. The van der Waals surface area contributed by atoms with Gasteiger partial charge in [-0.2, -0.15) is 8.78 Å². The molecule has 2 N–H and O–H groups in total. The lowest BCUT2D eigenvalue weighted by atomic mass is 10.1. The molecule has 0 saturated carbocycles. The number of aliphatic hydroxyl groups is 1. The van der Waals surface area contributed by atoms with E-state index in [0.29, 0.717) is 0 Å². The second-order valence-corrected chi connectivity index (χ2v) is 4.79. The number of ether oxygens (including phenoxy) is 1. The van der Waals surface area contributed by atoms with E-state index in [1.165, 1.54) is 0 Å². The fourth-order valence-electron chi connectivity index (χ4n) is 1.01. The van der Waals surface area contributed by atoms with E-state index < -0.39 is 35.7 Å². The lowest BCUT2D eigenvalue weighted by Crippen LogP contribution is -2.57. The molecule has 0 aromatic rings. The number of rotatable bonds is 4. The first-order valence-electron chi connectivity index (χ1n) is 5.14. The number of hydrogen-bond acceptors (Lipinski definition) is 5. The molecule has 6 nitrogen and oxygen atoms in total. The van der Waals surface area contributed by atoms with Crippen molar-refractivity contribution in [3.8, 4) is 0 Å². The molecule has 0 aliphatic carbocycles. The van der Waals surface area contributed by atoms with E-state index in [9.17, 15) is 23.5 Å². The largest absolute Gasteiger partial charge is 0.544 e. The predicted molar refractivity (Wildman–Crippen MR) is 54.8 cm³/mol. The Hall–Kier alpha value is -1.44. The smallest absolute Gasteiger partial charge is 0.407 e. The van der Waals surface area contributed by atoms with E-state index >= 15 is 0 Å². The maximum atomic E-state index is 12.9. The molecule has 1 unspecified atom stereocenters. The van der Waals surface area contributed by atoms with Gasteiger partial charge in [-0.25, -0.2) is 4.79 Å². The number of carboxylic acid groups (broad SMARTS) is 1. The minimum absolute atomic E-state index is 0.842. The number of carbonyl (C=O) groups excluding carboxylic acids is 2. The van der Waals surface area contributed by atoms with Crippen LogP contribution in [0.25, 0.3) is 0 Å². The third-order valence-corrected chi connectivity index (χ3v) is 1.86. The van der Waals surface area contributed by atoms with Crippen LogP contribution in [-0.2, 0) is 9.53 Å². The summed E-state index contributed by atoms with van der Waals surface area (Å²) in [5.74, 6) is -7.18. The Morgan fingerprint density at radius 1 is 1.33 bits per heavy atom. The second kappa shape index (κ2) is 5.47. The Bertz CT molecular complexity index is 327. The van der Waals surface area contributed by atoms with Crippen LogP contribution in [0.1, 0.15) is 27.7 Å². The molecule has 0 fully saturated rings. The van der Waals surface area contributed by atoms with E-state index in [-0.39, 0.29) is 0 Å². The van der Waals surface area contributed by atoms with Gasteiger partial charge >= 0.3 is 12.0 Å². The second-order valence-electron chi connectivity index (χ2n) is 4.79. The van der Waals surface area contributed by atoms with Gasteiger partial charge in [-0.1, -0.05) is 0 Å². The van der Waals surface area contributed by atoms with E-state index in [2.05, 4.69) is 0 Å². The zero-order chi connectivity index (χ0) is 14.7. The van der Waals surface area contributed by atoms with Gasteiger partial charge in [-0.05, 0) is 27.7 Å². The summed E-state index contributed by atoms with van der Waals surface area (Å²) in [6.07, 6.45) is -3.65. The molecule has 0 aromatic carbocycles. The average Bonchev–Trinajstić information content (AvgIpc) is 2.12. The Morgan fingerprint density at radius 3 is 2.11 bits per heavy atom. The number of nitrogens with one attached hydrogen (secondary N) is 1. The number of aliphatic carboxylic acids is 1. The first-order valence-corrected chi connectivity index (χ1v) is 5.14. The lowest BCUT2D eigenvalue weighted by Gasteiger charge is -2.29. The summed E-state index contributed by atoms with van der Waals surface area (Å²) in [6.45, 7) is 5.70. The molecule has 0 aliphatic heterocycles. The number of hydrogen-bond donors (Lipinski definition) is 2. The Kier molecular flexibility index (Phi) is 5.03. The molecular formula is C10H16F2NO5-. The van der Waals surface area contributed by atoms with Crippen LogP contribution in [0.3, 0.4) is 0 Å². The van der Waals surface area contributed by atoms with Gasteiger partial charge < -0.3 is 25.1 Å². The Morgan fingerprint density at radius 2 is 1.78 bits per heavy atom. The zero-order valence-corrected chi connectivity index (χ0v) is 10.5. The highest BCUT2D eigenvalue weighted by atomic mass is 19.3. The number of amides is 1. The van der Waals surface area contributed by atoms with Crippen LogP contribution in [0.15, 0.2) is 0 Å². The first-order chi connectivity index (χ1) is 7.88. The lowest BCUT2D eigenvalue weighted by molar-refractivity contribution is -0.336. The van der Waals surface area contributed by atoms with Gasteiger partial charge in [0, 0.05) is 0 Å². The minimum Gasteiger partial charge on any atom is -0.544 e. The van der Waals surface area contributed by atoms with Crippen molar-refractivity contribution in [2.75, 3.05) is 0 Å². The average molecular weight is 268 g/mol. The Balaban J connectivity index is 4.55. The molecule has 0 heterocycles. The summed E-state index contributed by atoms with van der Waals surface area (Å²) in [5.41, 5.74) is -0.842. The highest BCUT2D eigenvalue weighted by Crippen LogP contribution is 2.20. The van der Waals surface area contributed by atoms with E-state index in [4.69, 9.17) is 9.84 Å². The molecule has 0 rings (SSSR count). The van der Waals surface area contributed by atoms with Crippen molar-refractivity contribution >= 4 is 12.1 Å². The maximum Gasteiger partial charge on any atom is 0.407 e. The van der Waals surface area contributed by atoms with Crippen LogP contribution in [0.5, 0.6) is 0 Å². The van der Waals surface area contributed by atoms with E-state index in [0.717, 1.165) is 6.92 Å². The molecule has 0 radical (unpaired) electrons. The molecule has 1 amide bonds. The van der Waals surface area contributed by atoms with Crippen molar-refractivity contribution in [3.05, 3.63) is 0 Å². The normalized spacial score (nSPS) is 15.7. The number of carboxylic acids is 1. The summed E-state index contributed by atoms with van der Waals surface area (Å²) in [7, 11) is 0. The SMILES string of the molecule is CC(NC(=O)OC(C)(C)C)[C@@H](O)C(F)(F)C(=O)[O-]. The van der Waals surface area contributed by atoms with Crippen LogP contribution < -0.4 is 10.4 Å². The van der Waals surface area contributed by atoms with Crippen molar-refractivity contribution < 1.29 is 33.3 Å². The molecule has 106 valence electrons. The summed E-state index contributed by atoms with van der Waals surface area (Å²) in [5, 5.41) is 21.2. The van der Waals surface area contributed by atoms with Gasteiger partial charge in [-0.15, -0.1) is 0 Å². The zero-order valence-electron chi connectivity index (χ0n) is 10.5. The van der Waals surface area contributed by atoms with Crippen molar-refractivity contribution in [2.24, 2.45) is 0 Å². The number of halogens is 2. The topological polar surface area (TPSA) is 98.7 Å². The van der Waals surface area contributed by atoms with Crippen LogP contribution in [-0.4, -0.2) is 40.8 Å². The quantitative estimate of drug-likeness (QED) is 0.725. The maximum absolute atomic E-state index is 12.9. The third kappa shape index (κ3) is 4.82. The van der Waals surface area contributed by atoms with Crippen molar-refractivity contribution in [3.63, 3.8) is 0 Å². The molecule has 18 heavy (non-hydrogen) atoms. The number of aliphatic hydroxyl groups excluding tert-OH is 1. The van der Waals surface area contributed by atoms with E-state index in [1.54, 1.807) is 20.8 Å². The predicted octanol–water partition coefficient (Wildman–Crippen LogP) is -0.354. The molecule has 0 aliphatic rings. The van der Waals surface area contributed by atoms with Crippen molar-refractivity contribution in [1.29, 1.82) is 0 Å². The van der Waals surface area contributed by atoms with E-state index in [1.807, 2.05) is 5.32 Å². The van der Waals surface area contributed by atoms with Gasteiger partial charge in [0.05, 0.1) is 6.04 Å². The standard InChI is InChI=1S/C10H17F2NO5/c1-5(6(14)10(11,12)7(15)16)13-8(17)18-9(2,3)4/h5-6,14H,1-4H3,(H,13,17)(H,15,16)/p-1/t5?,6-/m1/s1. The first kappa shape index (κ1) is 16.6.